The molecule has 3 aromatic carbocycles. The predicted molar refractivity (Wildman–Crippen MR) is 149 cm³/mol. The summed E-state index contributed by atoms with van der Waals surface area (Å²) < 4.78 is 38.9. The summed E-state index contributed by atoms with van der Waals surface area (Å²) in [6.45, 7) is -0.386. The third-order valence-corrected chi connectivity index (χ3v) is 8.37. The lowest BCUT2D eigenvalue weighted by Gasteiger charge is -2.22. The Morgan fingerprint density at radius 1 is 1.00 bits per heavy atom. The second-order valence-electron chi connectivity index (χ2n) is 8.19. The summed E-state index contributed by atoms with van der Waals surface area (Å²) in [4.78, 5) is 17.8. The van der Waals surface area contributed by atoms with E-state index >= 15 is 0 Å². The fourth-order valence-corrected chi connectivity index (χ4v) is 5.81. The van der Waals surface area contributed by atoms with E-state index in [9.17, 15) is 13.2 Å². The number of carbonyl (C=O) groups is 1. The quantitative estimate of drug-likeness (QED) is 0.278. The van der Waals surface area contributed by atoms with E-state index in [1.54, 1.807) is 31.3 Å². The number of nitrogens with zero attached hydrogens (tertiary/aromatic N) is 2. The first-order valence-corrected chi connectivity index (χ1v) is 14.0. The molecule has 0 radical (unpaired) electrons. The van der Waals surface area contributed by atoms with Crippen molar-refractivity contribution in [2.45, 2.75) is 11.4 Å². The molecule has 1 amide bonds. The molecule has 0 aliphatic heterocycles. The fraction of sp³-hybridized carbons (Fsp3) is 0.185. The third kappa shape index (κ3) is 6.31. The second kappa shape index (κ2) is 12.1. The molecule has 2 N–H and O–H groups in total. The van der Waals surface area contributed by atoms with Crippen LogP contribution in [-0.2, 0) is 21.4 Å². The van der Waals surface area contributed by atoms with E-state index in [0.29, 0.717) is 17.2 Å². The number of amides is 1. The van der Waals surface area contributed by atoms with Gasteiger partial charge in [-0.3, -0.25) is 4.79 Å². The van der Waals surface area contributed by atoms with Gasteiger partial charge in [0.2, 0.25) is 15.9 Å². The molecule has 0 unspecified atom stereocenters. The first-order valence-electron chi connectivity index (χ1n) is 11.6. The van der Waals surface area contributed by atoms with Crippen molar-refractivity contribution in [3.8, 4) is 22.8 Å². The highest BCUT2D eigenvalue weighted by Crippen LogP contribution is 2.32. The highest BCUT2D eigenvalue weighted by Gasteiger charge is 2.27. The van der Waals surface area contributed by atoms with Crippen LogP contribution in [0.3, 0.4) is 0 Å². The third-order valence-electron chi connectivity index (χ3n) is 5.71. The number of ether oxygens (including phenoxy) is 2. The Morgan fingerprint density at radius 2 is 1.74 bits per heavy atom. The van der Waals surface area contributed by atoms with Gasteiger partial charge in [0.15, 0.2) is 5.13 Å². The van der Waals surface area contributed by atoms with Gasteiger partial charge in [-0.15, -0.1) is 11.3 Å². The van der Waals surface area contributed by atoms with Crippen LogP contribution in [0.4, 0.5) is 10.8 Å². The number of anilines is 2. The highest BCUT2D eigenvalue weighted by atomic mass is 32.2. The van der Waals surface area contributed by atoms with Crippen LogP contribution in [0.15, 0.2) is 83.1 Å². The van der Waals surface area contributed by atoms with Crippen molar-refractivity contribution in [1.82, 2.24) is 9.29 Å². The molecule has 1 aromatic heterocycles. The van der Waals surface area contributed by atoms with Crippen molar-refractivity contribution in [3.63, 3.8) is 0 Å². The minimum absolute atomic E-state index is 0.0193. The van der Waals surface area contributed by atoms with Crippen LogP contribution in [0.5, 0.6) is 11.5 Å². The van der Waals surface area contributed by atoms with E-state index in [4.69, 9.17) is 9.47 Å². The van der Waals surface area contributed by atoms with Crippen LogP contribution in [0.1, 0.15) is 5.56 Å². The van der Waals surface area contributed by atoms with Gasteiger partial charge >= 0.3 is 0 Å². The van der Waals surface area contributed by atoms with E-state index in [1.807, 2.05) is 41.8 Å². The molecule has 0 aliphatic carbocycles. The number of aromatic nitrogens is 1. The lowest BCUT2D eigenvalue weighted by atomic mass is 10.1. The number of methoxy groups -OCH3 is 2. The normalized spacial score (nSPS) is 11.3. The number of nitrogens with one attached hydrogen (secondary N) is 2. The predicted octanol–water partition coefficient (Wildman–Crippen LogP) is 4.70. The van der Waals surface area contributed by atoms with Crippen molar-refractivity contribution in [1.29, 1.82) is 0 Å². The Hall–Kier alpha value is -3.93. The minimum Gasteiger partial charge on any atom is -0.497 e. The molecule has 38 heavy (non-hydrogen) atoms. The zero-order valence-corrected chi connectivity index (χ0v) is 22.8. The maximum Gasteiger partial charge on any atom is 0.243 e. The first-order chi connectivity index (χ1) is 18.3. The molecule has 0 spiro atoms. The standard InChI is InChI=1S/C27H28N4O5S2/c1-28-27-30-24(18-37-27)20-9-14-25(36-3)23(15-20)29-26(32)17-31(16-19-7-5-4-6-8-19)38(33,34)22-12-10-21(35-2)11-13-22/h4-15,18H,16-17H2,1-3H3,(H,28,30)(H,29,32). The summed E-state index contributed by atoms with van der Waals surface area (Å²) in [5.41, 5.74) is 2.69. The molecule has 0 fully saturated rings. The smallest absolute Gasteiger partial charge is 0.243 e. The Labute approximate surface area is 226 Å². The molecule has 0 atom stereocenters. The Bertz CT molecular complexity index is 1490. The number of hydrogen-bond acceptors (Lipinski definition) is 8. The first kappa shape index (κ1) is 27.1. The Balaban J connectivity index is 1.61. The molecule has 198 valence electrons. The van der Waals surface area contributed by atoms with Gasteiger partial charge < -0.3 is 20.1 Å². The number of carbonyl (C=O) groups excluding carboxylic acids is 1. The SMILES string of the molecule is CNc1nc(-c2ccc(OC)c(NC(=O)CN(Cc3ccccc3)S(=O)(=O)c3ccc(OC)cc3)c2)cs1. The Kier molecular flexibility index (Phi) is 8.62. The maximum absolute atomic E-state index is 13.6. The molecule has 0 saturated heterocycles. The van der Waals surface area contributed by atoms with E-state index < -0.39 is 22.5 Å². The average molecular weight is 553 g/mol. The number of sulfonamides is 1. The minimum atomic E-state index is -4.01. The lowest BCUT2D eigenvalue weighted by Crippen LogP contribution is -2.37. The van der Waals surface area contributed by atoms with E-state index in [2.05, 4.69) is 15.6 Å². The number of benzene rings is 3. The molecule has 11 heteroatoms. The lowest BCUT2D eigenvalue weighted by molar-refractivity contribution is -0.116. The van der Waals surface area contributed by atoms with E-state index in [-0.39, 0.29) is 11.4 Å². The van der Waals surface area contributed by atoms with Crippen molar-refractivity contribution in [2.24, 2.45) is 0 Å². The van der Waals surface area contributed by atoms with Crippen LogP contribution in [0, 0.1) is 0 Å². The summed E-state index contributed by atoms with van der Waals surface area (Å²) in [5.74, 6) is 0.465. The molecule has 4 aromatic rings. The van der Waals surface area contributed by atoms with Gasteiger partial charge in [0.05, 0.1) is 37.0 Å². The highest BCUT2D eigenvalue weighted by molar-refractivity contribution is 7.89. The van der Waals surface area contributed by atoms with Crippen molar-refractivity contribution >= 4 is 38.1 Å². The Morgan fingerprint density at radius 3 is 2.37 bits per heavy atom. The van der Waals surface area contributed by atoms with Crippen molar-refractivity contribution in [2.75, 3.05) is 38.4 Å². The van der Waals surface area contributed by atoms with Gasteiger partial charge in [-0.2, -0.15) is 4.31 Å². The van der Waals surface area contributed by atoms with E-state index in [1.165, 1.54) is 37.7 Å². The molecule has 0 bridgehead atoms. The van der Waals surface area contributed by atoms with E-state index in [0.717, 1.165) is 26.3 Å². The van der Waals surface area contributed by atoms with Crippen LogP contribution in [0.2, 0.25) is 0 Å². The van der Waals surface area contributed by atoms with Gasteiger partial charge in [0.25, 0.3) is 0 Å². The molecule has 0 saturated carbocycles. The van der Waals surface area contributed by atoms with Crippen LogP contribution in [-0.4, -0.2) is 51.4 Å². The topological polar surface area (TPSA) is 110 Å². The number of rotatable bonds is 11. The van der Waals surface area contributed by atoms with Crippen LogP contribution >= 0.6 is 11.3 Å². The monoisotopic (exact) mass is 552 g/mol. The van der Waals surface area contributed by atoms with Gasteiger partial charge in [-0.25, -0.2) is 13.4 Å². The summed E-state index contributed by atoms with van der Waals surface area (Å²) in [7, 11) is 0.796. The van der Waals surface area contributed by atoms with Crippen molar-refractivity contribution < 1.29 is 22.7 Å². The van der Waals surface area contributed by atoms with Gasteiger partial charge in [-0.05, 0) is 48.0 Å². The summed E-state index contributed by atoms with van der Waals surface area (Å²) in [6.07, 6.45) is 0. The molecular formula is C27H28N4O5S2. The molecule has 0 aliphatic rings. The summed E-state index contributed by atoms with van der Waals surface area (Å²) in [5, 5.41) is 8.50. The van der Waals surface area contributed by atoms with Gasteiger partial charge in [0.1, 0.15) is 11.5 Å². The molecule has 1 heterocycles. The van der Waals surface area contributed by atoms with Crippen molar-refractivity contribution in [3.05, 3.63) is 83.7 Å². The number of hydrogen-bond donors (Lipinski definition) is 2. The zero-order valence-electron chi connectivity index (χ0n) is 21.2. The second-order valence-corrected chi connectivity index (χ2v) is 11.0. The summed E-state index contributed by atoms with van der Waals surface area (Å²) >= 11 is 1.46. The van der Waals surface area contributed by atoms with Gasteiger partial charge in [0, 0.05) is 24.5 Å². The summed E-state index contributed by atoms with van der Waals surface area (Å²) in [6, 6.07) is 20.5. The van der Waals surface area contributed by atoms with Gasteiger partial charge in [-0.1, -0.05) is 30.3 Å². The number of thiazole rings is 1. The maximum atomic E-state index is 13.6. The molecule has 4 rings (SSSR count). The van der Waals surface area contributed by atoms with Crippen LogP contribution in [0.25, 0.3) is 11.3 Å². The largest absolute Gasteiger partial charge is 0.497 e. The molecular weight excluding hydrogens is 524 g/mol. The fourth-order valence-electron chi connectivity index (χ4n) is 3.75. The van der Waals surface area contributed by atoms with Crippen LogP contribution < -0.4 is 20.1 Å². The molecule has 9 nitrogen and oxygen atoms in total. The zero-order chi connectivity index (χ0) is 27.1. The average Bonchev–Trinajstić information content (AvgIpc) is 3.43.